The maximum absolute atomic E-state index is 13.4. The minimum atomic E-state index is -0.714. The maximum atomic E-state index is 13.4. The van der Waals surface area contributed by atoms with Gasteiger partial charge in [-0.25, -0.2) is 4.39 Å². The molecule has 3 fully saturated rings. The van der Waals surface area contributed by atoms with Crippen molar-refractivity contribution < 1.29 is 14.2 Å². The van der Waals surface area contributed by atoms with Crippen molar-refractivity contribution in [3.05, 3.63) is 29.6 Å². The normalized spacial score (nSPS) is 31.2. The number of aliphatic hydroxyl groups excluding tert-OH is 1. The Bertz CT molecular complexity index is 461. The van der Waals surface area contributed by atoms with Gasteiger partial charge in [0.05, 0.1) is 19.3 Å². The zero-order valence-corrected chi connectivity index (χ0v) is 11.1. The number of rotatable bonds is 3. The number of hydrogen-bond acceptors (Lipinski definition) is 4. The topological polar surface area (TPSA) is 35.9 Å². The molecule has 3 aliphatic heterocycles. The van der Waals surface area contributed by atoms with E-state index in [4.69, 9.17) is 4.74 Å². The van der Waals surface area contributed by atoms with Crippen molar-refractivity contribution in [1.29, 1.82) is 0 Å². The van der Waals surface area contributed by atoms with Crippen LogP contribution in [0.3, 0.4) is 0 Å². The summed E-state index contributed by atoms with van der Waals surface area (Å²) in [5.41, 5.74) is 0.543. The first-order chi connectivity index (χ1) is 9.19. The predicted molar refractivity (Wildman–Crippen MR) is 69.7 cm³/mol. The second-order valence-corrected chi connectivity index (χ2v) is 5.24. The molecule has 1 aromatic rings. The van der Waals surface area contributed by atoms with Gasteiger partial charge in [-0.3, -0.25) is 9.80 Å². The van der Waals surface area contributed by atoms with E-state index in [9.17, 15) is 9.50 Å². The van der Waals surface area contributed by atoms with Crippen molar-refractivity contribution in [3.63, 3.8) is 0 Å². The molecule has 5 heteroatoms. The number of nitrogens with zero attached hydrogens (tertiary/aromatic N) is 2. The summed E-state index contributed by atoms with van der Waals surface area (Å²) in [4.78, 5) is 4.63. The highest BCUT2D eigenvalue weighted by molar-refractivity contribution is 5.36. The second-order valence-electron chi connectivity index (χ2n) is 5.24. The lowest BCUT2D eigenvalue weighted by atomic mass is 9.96. The Labute approximate surface area is 112 Å². The molecule has 3 heterocycles. The average Bonchev–Trinajstić information content (AvgIpc) is 2.47. The standard InChI is InChI=1S/C14H19FN2O2/c1-19-13-3-2-10(15)8-11(13)14(18)12-9-16-4-6-17(12)7-5-16/h2-3,8,12,14,18H,4-7,9H2,1H3. The molecule has 104 valence electrons. The molecule has 0 aliphatic carbocycles. The molecule has 0 aromatic heterocycles. The number of methoxy groups -OCH3 is 1. The van der Waals surface area contributed by atoms with Crippen molar-refractivity contribution in [1.82, 2.24) is 9.80 Å². The fourth-order valence-electron chi connectivity index (χ4n) is 3.10. The van der Waals surface area contributed by atoms with E-state index in [1.807, 2.05) is 0 Å². The summed E-state index contributed by atoms with van der Waals surface area (Å²) < 4.78 is 18.6. The lowest BCUT2D eigenvalue weighted by Gasteiger charge is -2.49. The number of halogens is 1. The molecule has 2 atom stereocenters. The van der Waals surface area contributed by atoms with E-state index in [-0.39, 0.29) is 11.9 Å². The summed E-state index contributed by atoms with van der Waals surface area (Å²) in [6, 6.07) is 4.33. The first-order valence-electron chi connectivity index (χ1n) is 6.67. The van der Waals surface area contributed by atoms with E-state index in [0.717, 1.165) is 32.7 Å². The zero-order chi connectivity index (χ0) is 13.4. The molecule has 1 N–H and O–H groups in total. The molecular weight excluding hydrogens is 247 g/mol. The summed E-state index contributed by atoms with van der Waals surface area (Å²) in [5, 5.41) is 10.6. The van der Waals surface area contributed by atoms with Crippen molar-refractivity contribution in [2.45, 2.75) is 12.1 Å². The van der Waals surface area contributed by atoms with Crippen LogP contribution < -0.4 is 4.74 Å². The first kappa shape index (κ1) is 12.8. The van der Waals surface area contributed by atoms with Gasteiger partial charge in [0, 0.05) is 38.3 Å². The van der Waals surface area contributed by atoms with E-state index in [1.54, 1.807) is 13.2 Å². The molecule has 4 nitrogen and oxygen atoms in total. The summed E-state index contributed by atoms with van der Waals surface area (Å²) >= 11 is 0. The predicted octanol–water partition coefficient (Wildman–Crippen LogP) is 0.867. The van der Waals surface area contributed by atoms with Gasteiger partial charge in [-0.15, -0.1) is 0 Å². The van der Waals surface area contributed by atoms with Crippen LogP contribution in [0.5, 0.6) is 5.75 Å². The molecule has 0 spiro atoms. The third-order valence-corrected chi connectivity index (χ3v) is 4.20. The lowest BCUT2D eigenvalue weighted by Crippen LogP contribution is -2.62. The number of hydrogen-bond donors (Lipinski definition) is 1. The third kappa shape index (κ3) is 2.33. The maximum Gasteiger partial charge on any atom is 0.124 e. The molecule has 2 bridgehead atoms. The molecule has 0 amide bonds. The Morgan fingerprint density at radius 3 is 2.63 bits per heavy atom. The number of aliphatic hydroxyl groups is 1. The molecule has 3 saturated heterocycles. The highest BCUT2D eigenvalue weighted by atomic mass is 19.1. The van der Waals surface area contributed by atoms with Gasteiger partial charge in [0.1, 0.15) is 11.6 Å². The van der Waals surface area contributed by atoms with Gasteiger partial charge in [0.25, 0.3) is 0 Å². The molecule has 3 aliphatic rings. The minimum Gasteiger partial charge on any atom is -0.496 e. The molecule has 1 aromatic carbocycles. The average molecular weight is 266 g/mol. The molecule has 4 rings (SSSR count). The van der Waals surface area contributed by atoms with Gasteiger partial charge >= 0.3 is 0 Å². The van der Waals surface area contributed by atoms with Crippen LogP contribution in [0.4, 0.5) is 4.39 Å². The van der Waals surface area contributed by atoms with Crippen molar-refractivity contribution >= 4 is 0 Å². The smallest absolute Gasteiger partial charge is 0.124 e. The number of ether oxygens (including phenoxy) is 1. The van der Waals surface area contributed by atoms with Crippen molar-refractivity contribution in [2.24, 2.45) is 0 Å². The number of fused-ring (bicyclic) bond motifs is 3. The van der Waals surface area contributed by atoms with E-state index >= 15 is 0 Å². The SMILES string of the molecule is COc1ccc(F)cc1C(O)C1CN2CCN1CC2. The Balaban J connectivity index is 1.87. The zero-order valence-electron chi connectivity index (χ0n) is 11.1. The van der Waals surface area contributed by atoms with E-state index in [1.165, 1.54) is 12.1 Å². The minimum absolute atomic E-state index is 0.0261. The lowest BCUT2D eigenvalue weighted by molar-refractivity contribution is -0.0476. The quantitative estimate of drug-likeness (QED) is 0.880. The van der Waals surface area contributed by atoms with Gasteiger partial charge < -0.3 is 9.84 Å². The number of piperazine rings is 3. The van der Waals surface area contributed by atoms with Crippen LogP contribution in [0.2, 0.25) is 0 Å². The van der Waals surface area contributed by atoms with E-state index in [0.29, 0.717) is 11.3 Å². The van der Waals surface area contributed by atoms with Crippen molar-refractivity contribution in [3.8, 4) is 5.75 Å². The Kier molecular flexibility index (Phi) is 3.43. The Hall–Kier alpha value is -1.17. The Morgan fingerprint density at radius 2 is 2.05 bits per heavy atom. The van der Waals surface area contributed by atoms with Crippen LogP contribution in [-0.2, 0) is 0 Å². The van der Waals surface area contributed by atoms with Gasteiger partial charge in [0.2, 0.25) is 0 Å². The molecule has 19 heavy (non-hydrogen) atoms. The van der Waals surface area contributed by atoms with Crippen LogP contribution in [0, 0.1) is 5.82 Å². The summed E-state index contributed by atoms with van der Waals surface area (Å²) in [5.74, 6) is 0.206. The second kappa shape index (κ2) is 5.07. The van der Waals surface area contributed by atoms with E-state index < -0.39 is 6.10 Å². The third-order valence-electron chi connectivity index (χ3n) is 4.20. The summed E-state index contributed by atoms with van der Waals surface area (Å²) in [6.45, 7) is 4.90. The monoisotopic (exact) mass is 266 g/mol. The number of benzene rings is 1. The van der Waals surface area contributed by atoms with Gasteiger partial charge in [-0.05, 0) is 18.2 Å². The van der Waals surface area contributed by atoms with Crippen molar-refractivity contribution in [2.75, 3.05) is 39.8 Å². The Morgan fingerprint density at radius 1 is 1.32 bits per heavy atom. The van der Waals surface area contributed by atoms with Crippen LogP contribution in [-0.4, -0.2) is 60.8 Å². The van der Waals surface area contributed by atoms with Crippen LogP contribution in [0.1, 0.15) is 11.7 Å². The highest BCUT2D eigenvalue weighted by Crippen LogP contribution is 2.32. The van der Waals surface area contributed by atoms with Crippen LogP contribution in [0.25, 0.3) is 0 Å². The fraction of sp³-hybridized carbons (Fsp3) is 0.571. The first-order valence-corrected chi connectivity index (χ1v) is 6.67. The fourth-order valence-corrected chi connectivity index (χ4v) is 3.10. The summed E-state index contributed by atoms with van der Waals surface area (Å²) in [6.07, 6.45) is -0.714. The summed E-state index contributed by atoms with van der Waals surface area (Å²) in [7, 11) is 1.54. The van der Waals surface area contributed by atoms with Gasteiger partial charge in [-0.1, -0.05) is 0 Å². The van der Waals surface area contributed by atoms with Gasteiger partial charge in [0.15, 0.2) is 0 Å². The van der Waals surface area contributed by atoms with Crippen LogP contribution >= 0.6 is 0 Å². The van der Waals surface area contributed by atoms with Crippen LogP contribution in [0.15, 0.2) is 18.2 Å². The van der Waals surface area contributed by atoms with E-state index in [2.05, 4.69) is 9.80 Å². The molecule has 0 saturated carbocycles. The highest BCUT2D eigenvalue weighted by Gasteiger charge is 2.37. The van der Waals surface area contributed by atoms with Gasteiger partial charge in [-0.2, -0.15) is 0 Å². The molecule has 0 radical (unpaired) electrons. The molecule has 2 unspecified atom stereocenters. The largest absolute Gasteiger partial charge is 0.496 e. The molecular formula is C14H19FN2O2.